The molecule has 0 spiro atoms. The summed E-state index contributed by atoms with van der Waals surface area (Å²) in [6, 6.07) is 8.24. The minimum atomic E-state index is -0.162. The predicted molar refractivity (Wildman–Crippen MR) is 102 cm³/mol. The topological polar surface area (TPSA) is 53.9 Å². The third-order valence-electron chi connectivity index (χ3n) is 4.55. The molecular formula is C20H31N3O2. The number of ether oxygens (including phenoxy) is 1. The molecule has 0 amide bonds. The van der Waals surface area contributed by atoms with E-state index in [2.05, 4.69) is 48.1 Å². The Labute approximate surface area is 151 Å². The molecule has 1 aliphatic rings. The van der Waals surface area contributed by atoms with Crippen LogP contribution in [0.4, 0.5) is 0 Å². The van der Waals surface area contributed by atoms with Crippen molar-refractivity contribution >= 4 is 12.2 Å². The van der Waals surface area contributed by atoms with Gasteiger partial charge in [-0.1, -0.05) is 38.1 Å². The fraction of sp³-hybridized carbons (Fsp3) is 0.600. The summed E-state index contributed by atoms with van der Waals surface area (Å²) in [7, 11) is 0. The van der Waals surface area contributed by atoms with Gasteiger partial charge < -0.3 is 4.74 Å². The monoisotopic (exact) mass is 345 g/mol. The first-order valence-electron chi connectivity index (χ1n) is 9.21. The lowest BCUT2D eigenvalue weighted by Gasteiger charge is -2.36. The molecule has 0 radical (unpaired) electrons. The maximum Gasteiger partial charge on any atom is 0.310 e. The molecule has 0 aromatic heterocycles. The molecule has 5 nitrogen and oxygen atoms in total. The second-order valence-corrected chi connectivity index (χ2v) is 7.07. The van der Waals surface area contributed by atoms with Crippen LogP contribution in [0.1, 0.15) is 51.7 Å². The van der Waals surface area contributed by atoms with Gasteiger partial charge in [-0.2, -0.15) is 0 Å². The minimum Gasteiger partial charge on any atom is -0.465 e. The molecule has 1 N–H and O–H groups in total. The molecule has 1 aromatic rings. The molecule has 2 rings (SSSR count). The van der Waals surface area contributed by atoms with E-state index in [-0.39, 0.29) is 11.5 Å². The van der Waals surface area contributed by atoms with Gasteiger partial charge in [0.05, 0.1) is 25.9 Å². The molecule has 0 saturated carbocycles. The van der Waals surface area contributed by atoms with Crippen LogP contribution in [-0.4, -0.2) is 43.1 Å². The lowest BCUT2D eigenvalue weighted by atomic mass is 9.92. The first-order chi connectivity index (χ1) is 12.0. The third kappa shape index (κ3) is 5.65. The quantitative estimate of drug-likeness (QED) is 0.699. The molecule has 1 atom stereocenters. The summed E-state index contributed by atoms with van der Waals surface area (Å²) >= 11 is 0. The molecule has 1 aliphatic heterocycles. The van der Waals surface area contributed by atoms with Crippen LogP contribution in [0.15, 0.2) is 29.3 Å². The zero-order valence-corrected chi connectivity index (χ0v) is 15.9. The van der Waals surface area contributed by atoms with Crippen LogP contribution in [0, 0.1) is 0 Å². The lowest BCUT2D eigenvalue weighted by Crippen LogP contribution is -2.51. The molecule has 5 heteroatoms. The van der Waals surface area contributed by atoms with E-state index >= 15 is 0 Å². The number of rotatable bonds is 9. The fourth-order valence-corrected chi connectivity index (χ4v) is 3.03. The molecule has 1 aromatic carbocycles. The highest BCUT2D eigenvalue weighted by atomic mass is 16.5. The second-order valence-electron chi connectivity index (χ2n) is 7.07. The summed E-state index contributed by atoms with van der Waals surface area (Å²) in [4.78, 5) is 18.4. The van der Waals surface area contributed by atoms with Gasteiger partial charge in [0.1, 0.15) is 0 Å². The van der Waals surface area contributed by atoms with E-state index in [4.69, 9.17) is 4.74 Å². The first-order valence-corrected chi connectivity index (χ1v) is 9.21. The van der Waals surface area contributed by atoms with Crippen molar-refractivity contribution in [2.75, 3.05) is 19.8 Å². The van der Waals surface area contributed by atoms with Crippen LogP contribution < -0.4 is 5.32 Å². The van der Waals surface area contributed by atoms with Gasteiger partial charge in [0, 0.05) is 18.3 Å². The van der Waals surface area contributed by atoms with Crippen molar-refractivity contribution in [1.82, 2.24) is 10.2 Å². The van der Waals surface area contributed by atoms with Crippen molar-refractivity contribution < 1.29 is 9.53 Å². The Morgan fingerprint density at radius 1 is 1.32 bits per heavy atom. The highest BCUT2D eigenvalue weighted by Crippen LogP contribution is 2.23. The maximum atomic E-state index is 11.7. The van der Waals surface area contributed by atoms with Gasteiger partial charge in [-0.3, -0.25) is 20.0 Å². The Morgan fingerprint density at radius 3 is 2.60 bits per heavy atom. The summed E-state index contributed by atoms with van der Waals surface area (Å²) < 4.78 is 5.15. The van der Waals surface area contributed by atoms with Gasteiger partial charge in [0.15, 0.2) is 0 Å². The Bertz CT molecular complexity index is 573. The molecule has 25 heavy (non-hydrogen) atoms. The number of aliphatic imine (C=N–C) groups is 1. The van der Waals surface area contributed by atoms with E-state index in [9.17, 15) is 4.79 Å². The first kappa shape index (κ1) is 19.6. The zero-order valence-electron chi connectivity index (χ0n) is 15.9. The van der Waals surface area contributed by atoms with E-state index in [0.717, 1.165) is 31.6 Å². The molecule has 1 unspecified atom stereocenters. The normalized spacial score (nSPS) is 16.2. The fourth-order valence-electron chi connectivity index (χ4n) is 3.03. The minimum absolute atomic E-state index is 0.160. The van der Waals surface area contributed by atoms with Crippen LogP contribution in [0.5, 0.6) is 0 Å². The summed E-state index contributed by atoms with van der Waals surface area (Å²) in [6.07, 6.45) is 4.47. The number of benzene rings is 1. The molecule has 138 valence electrons. The van der Waals surface area contributed by atoms with E-state index in [1.165, 1.54) is 5.56 Å². The smallest absolute Gasteiger partial charge is 0.310 e. The van der Waals surface area contributed by atoms with Crippen molar-refractivity contribution in [3.63, 3.8) is 0 Å². The third-order valence-corrected chi connectivity index (χ3v) is 4.55. The van der Waals surface area contributed by atoms with Gasteiger partial charge in [0.2, 0.25) is 0 Å². The highest BCUT2D eigenvalue weighted by molar-refractivity contribution is 5.72. The molecule has 1 heterocycles. The molecular weight excluding hydrogens is 314 g/mol. The number of hydrogen-bond acceptors (Lipinski definition) is 5. The Balaban J connectivity index is 1.97. The molecule has 0 saturated heterocycles. The van der Waals surface area contributed by atoms with Crippen LogP contribution in [-0.2, 0) is 21.5 Å². The van der Waals surface area contributed by atoms with Crippen molar-refractivity contribution in [2.45, 2.75) is 58.7 Å². The SMILES string of the molecule is CCCOC(=O)Cc1ccc(C(C)(C)NC(CC)N2CC=NC2)cc1. The standard InChI is InChI=1S/C20H31N3O2/c1-5-13-25-19(24)14-16-7-9-17(10-8-16)20(3,4)22-18(6-2)23-12-11-21-15-23/h7-11,18,22H,5-6,12-15H2,1-4H3. The van der Waals surface area contributed by atoms with Gasteiger partial charge in [-0.15, -0.1) is 0 Å². The number of nitrogens with one attached hydrogen (secondary N) is 1. The second kappa shape index (κ2) is 9.11. The van der Waals surface area contributed by atoms with Crippen molar-refractivity contribution in [2.24, 2.45) is 4.99 Å². The van der Waals surface area contributed by atoms with E-state index in [1.54, 1.807) is 0 Å². The van der Waals surface area contributed by atoms with Crippen LogP contribution in [0.2, 0.25) is 0 Å². The van der Waals surface area contributed by atoms with Crippen molar-refractivity contribution in [1.29, 1.82) is 0 Å². The lowest BCUT2D eigenvalue weighted by molar-refractivity contribution is -0.142. The Hall–Kier alpha value is -1.72. The average Bonchev–Trinajstić information content (AvgIpc) is 3.13. The number of hydrogen-bond donors (Lipinski definition) is 1. The predicted octanol–water partition coefficient (Wildman–Crippen LogP) is 3.09. The number of carbonyl (C=O) groups excluding carboxylic acids is 1. The summed E-state index contributed by atoms with van der Waals surface area (Å²) in [5.41, 5.74) is 2.03. The Morgan fingerprint density at radius 2 is 2.04 bits per heavy atom. The molecule has 0 fully saturated rings. The number of nitrogens with zero attached hydrogens (tertiary/aromatic N) is 2. The summed E-state index contributed by atoms with van der Waals surface area (Å²) in [5.74, 6) is -0.160. The van der Waals surface area contributed by atoms with Gasteiger partial charge in [-0.05, 0) is 37.8 Å². The Kier molecular flexibility index (Phi) is 7.14. The van der Waals surface area contributed by atoms with Crippen LogP contribution in [0.3, 0.4) is 0 Å². The van der Waals surface area contributed by atoms with Crippen LogP contribution >= 0.6 is 0 Å². The van der Waals surface area contributed by atoms with E-state index in [0.29, 0.717) is 19.2 Å². The molecule has 0 aliphatic carbocycles. The van der Waals surface area contributed by atoms with Gasteiger partial charge in [0.25, 0.3) is 0 Å². The number of carbonyl (C=O) groups is 1. The number of esters is 1. The van der Waals surface area contributed by atoms with Crippen LogP contribution in [0.25, 0.3) is 0 Å². The van der Waals surface area contributed by atoms with Crippen molar-refractivity contribution in [3.05, 3.63) is 35.4 Å². The summed E-state index contributed by atoms with van der Waals surface area (Å²) in [6.45, 7) is 10.7. The largest absolute Gasteiger partial charge is 0.465 e. The van der Waals surface area contributed by atoms with Crippen molar-refractivity contribution in [3.8, 4) is 0 Å². The maximum absolute atomic E-state index is 11.7. The van der Waals surface area contributed by atoms with E-state index < -0.39 is 0 Å². The summed E-state index contributed by atoms with van der Waals surface area (Å²) in [5, 5.41) is 3.74. The van der Waals surface area contributed by atoms with Gasteiger partial charge in [-0.25, -0.2) is 0 Å². The van der Waals surface area contributed by atoms with E-state index in [1.807, 2.05) is 25.3 Å². The zero-order chi connectivity index (χ0) is 18.3. The van der Waals surface area contributed by atoms with Gasteiger partial charge >= 0.3 is 5.97 Å². The molecule has 0 bridgehead atoms. The highest BCUT2D eigenvalue weighted by Gasteiger charge is 2.27. The average molecular weight is 345 g/mol.